The summed E-state index contributed by atoms with van der Waals surface area (Å²) >= 11 is 6.13. The maximum atomic E-state index is 11.6. The number of benzene rings is 2. The molecule has 0 fully saturated rings. The predicted molar refractivity (Wildman–Crippen MR) is 84.8 cm³/mol. The van der Waals surface area contributed by atoms with Crippen LogP contribution in [0.25, 0.3) is 22.0 Å². The van der Waals surface area contributed by atoms with Gasteiger partial charge in [0.15, 0.2) is 6.29 Å². The number of halogens is 1. The van der Waals surface area contributed by atoms with Gasteiger partial charge in [0.25, 0.3) is 0 Å². The molecule has 2 aromatic carbocycles. The first-order chi connectivity index (χ1) is 10.3. The SMILES string of the molecule is COCn1c(C=O)c(-c2ccccc2)c2cc(Cl)ccc21. The lowest BCUT2D eigenvalue weighted by molar-refractivity contribution is 0.107. The van der Waals surface area contributed by atoms with Crippen LogP contribution in [0.3, 0.4) is 0 Å². The maximum Gasteiger partial charge on any atom is 0.167 e. The zero-order valence-corrected chi connectivity index (χ0v) is 12.3. The van der Waals surface area contributed by atoms with Gasteiger partial charge in [-0.15, -0.1) is 0 Å². The zero-order chi connectivity index (χ0) is 14.8. The number of ether oxygens (including phenoxy) is 1. The van der Waals surface area contributed by atoms with Crippen LogP contribution in [0.5, 0.6) is 0 Å². The lowest BCUT2D eigenvalue weighted by Gasteiger charge is -2.06. The van der Waals surface area contributed by atoms with E-state index in [1.54, 1.807) is 7.11 Å². The van der Waals surface area contributed by atoms with E-state index in [2.05, 4.69) is 0 Å². The molecular weight excluding hydrogens is 286 g/mol. The molecule has 0 saturated heterocycles. The summed E-state index contributed by atoms with van der Waals surface area (Å²) in [5.41, 5.74) is 3.41. The molecule has 0 N–H and O–H groups in total. The largest absolute Gasteiger partial charge is 0.364 e. The van der Waals surface area contributed by atoms with Gasteiger partial charge in [-0.25, -0.2) is 0 Å². The molecule has 0 atom stereocenters. The highest BCUT2D eigenvalue weighted by atomic mass is 35.5. The van der Waals surface area contributed by atoms with Gasteiger partial charge in [0, 0.05) is 23.1 Å². The summed E-state index contributed by atoms with van der Waals surface area (Å²) in [6, 6.07) is 15.4. The molecule has 0 unspecified atom stereocenters. The van der Waals surface area contributed by atoms with E-state index in [1.165, 1.54) is 0 Å². The molecule has 1 aromatic heterocycles. The molecule has 106 valence electrons. The second-order valence-electron chi connectivity index (χ2n) is 4.75. The van der Waals surface area contributed by atoms with E-state index in [0.29, 0.717) is 17.4 Å². The number of rotatable bonds is 4. The topological polar surface area (TPSA) is 31.2 Å². The fraction of sp³-hybridized carbons (Fsp3) is 0.118. The van der Waals surface area contributed by atoms with Gasteiger partial charge in [-0.1, -0.05) is 41.9 Å². The quantitative estimate of drug-likeness (QED) is 0.670. The number of hydrogen-bond donors (Lipinski definition) is 0. The highest BCUT2D eigenvalue weighted by Gasteiger charge is 2.18. The number of carbonyl (C=O) groups excluding carboxylic acids is 1. The van der Waals surface area contributed by atoms with E-state index in [9.17, 15) is 4.79 Å². The van der Waals surface area contributed by atoms with Crippen molar-refractivity contribution in [1.29, 1.82) is 0 Å². The van der Waals surface area contributed by atoms with Crippen molar-refractivity contribution in [3.8, 4) is 11.1 Å². The van der Waals surface area contributed by atoms with Gasteiger partial charge >= 0.3 is 0 Å². The van der Waals surface area contributed by atoms with Crippen LogP contribution in [0.2, 0.25) is 5.02 Å². The monoisotopic (exact) mass is 299 g/mol. The molecule has 0 spiro atoms. The maximum absolute atomic E-state index is 11.6. The molecule has 3 aromatic rings. The highest BCUT2D eigenvalue weighted by molar-refractivity contribution is 6.31. The molecule has 0 aliphatic heterocycles. The number of aromatic nitrogens is 1. The molecule has 0 aliphatic rings. The first-order valence-electron chi connectivity index (χ1n) is 6.57. The van der Waals surface area contributed by atoms with Gasteiger partial charge in [-0.05, 0) is 23.8 Å². The third kappa shape index (κ3) is 2.35. The van der Waals surface area contributed by atoms with Crippen LogP contribution in [-0.2, 0) is 11.5 Å². The average Bonchev–Trinajstić information content (AvgIpc) is 2.81. The molecule has 21 heavy (non-hydrogen) atoms. The van der Waals surface area contributed by atoms with Crippen LogP contribution in [-0.4, -0.2) is 18.0 Å². The summed E-state index contributed by atoms with van der Waals surface area (Å²) in [6.45, 7) is 0.318. The molecule has 3 nitrogen and oxygen atoms in total. The Hall–Kier alpha value is -2.10. The number of methoxy groups -OCH3 is 1. The summed E-state index contributed by atoms with van der Waals surface area (Å²) in [7, 11) is 1.61. The Bertz CT molecular complexity index is 793. The minimum absolute atomic E-state index is 0.318. The molecule has 0 aliphatic carbocycles. The van der Waals surface area contributed by atoms with Crippen molar-refractivity contribution in [2.24, 2.45) is 0 Å². The summed E-state index contributed by atoms with van der Waals surface area (Å²) in [5.74, 6) is 0. The number of nitrogens with zero attached hydrogens (tertiary/aromatic N) is 1. The Morgan fingerprint density at radius 2 is 1.95 bits per heavy atom. The molecule has 3 rings (SSSR count). The first-order valence-corrected chi connectivity index (χ1v) is 6.95. The zero-order valence-electron chi connectivity index (χ0n) is 11.5. The van der Waals surface area contributed by atoms with Crippen LogP contribution in [0.4, 0.5) is 0 Å². The van der Waals surface area contributed by atoms with E-state index in [1.807, 2.05) is 53.1 Å². The van der Waals surface area contributed by atoms with Crippen LogP contribution in [0.1, 0.15) is 10.5 Å². The number of fused-ring (bicyclic) bond motifs is 1. The van der Waals surface area contributed by atoms with Gasteiger partial charge in [-0.2, -0.15) is 0 Å². The van der Waals surface area contributed by atoms with Gasteiger partial charge in [0.2, 0.25) is 0 Å². The summed E-state index contributed by atoms with van der Waals surface area (Å²) < 4.78 is 7.09. The lowest BCUT2D eigenvalue weighted by atomic mass is 10.0. The predicted octanol–water partition coefficient (Wildman–Crippen LogP) is 4.38. The number of hydrogen-bond acceptors (Lipinski definition) is 2. The smallest absolute Gasteiger partial charge is 0.167 e. The highest BCUT2D eigenvalue weighted by Crippen LogP contribution is 2.35. The van der Waals surface area contributed by atoms with E-state index in [4.69, 9.17) is 16.3 Å². The Morgan fingerprint density at radius 3 is 2.62 bits per heavy atom. The molecule has 0 amide bonds. The molecule has 4 heteroatoms. The minimum Gasteiger partial charge on any atom is -0.364 e. The van der Waals surface area contributed by atoms with E-state index >= 15 is 0 Å². The fourth-order valence-electron chi connectivity index (χ4n) is 2.65. The third-order valence-corrected chi connectivity index (χ3v) is 3.73. The van der Waals surface area contributed by atoms with Gasteiger partial charge in [0.1, 0.15) is 6.73 Å². The summed E-state index contributed by atoms with van der Waals surface area (Å²) in [5, 5.41) is 1.60. The Labute approximate surface area is 127 Å². The number of carbonyl (C=O) groups is 1. The van der Waals surface area contributed by atoms with Crippen LogP contribution in [0, 0.1) is 0 Å². The normalized spacial score (nSPS) is 11.0. The fourth-order valence-corrected chi connectivity index (χ4v) is 2.82. The Morgan fingerprint density at radius 1 is 1.19 bits per heavy atom. The van der Waals surface area contributed by atoms with Crippen molar-refractivity contribution in [2.75, 3.05) is 7.11 Å². The average molecular weight is 300 g/mol. The van der Waals surface area contributed by atoms with Crippen LogP contribution >= 0.6 is 11.6 Å². The van der Waals surface area contributed by atoms with Crippen molar-refractivity contribution >= 4 is 28.8 Å². The van der Waals surface area contributed by atoms with Crippen molar-refractivity contribution in [3.05, 3.63) is 59.2 Å². The van der Waals surface area contributed by atoms with Crippen molar-refractivity contribution in [2.45, 2.75) is 6.73 Å². The summed E-state index contributed by atoms with van der Waals surface area (Å²) in [6.07, 6.45) is 0.870. The first kappa shape index (κ1) is 13.9. The van der Waals surface area contributed by atoms with Crippen LogP contribution < -0.4 is 0 Å². The Kier molecular flexibility index (Phi) is 3.78. The van der Waals surface area contributed by atoms with Crippen LogP contribution in [0.15, 0.2) is 48.5 Å². The molecule has 0 saturated carbocycles. The standard InChI is InChI=1S/C17H14ClNO2/c1-21-11-19-15-8-7-13(18)9-14(15)17(16(19)10-20)12-5-3-2-4-6-12/h2-10H,11H2,1H3. The summed E-state index contributed by atoms with van der Waals surface area (Å²) in [4.78, 5) is 11.6. The molecule has 1 heterocycles. The van der Waals surface area contributed by atoms with Crippen molar-refractivity contribution in [1.82, 2.24) is 4.57 Å². The van der Waals surface area contributed by atoms with E-state index in [-0.39, 0.29) is 0 Å². The lowest BCUT2D eigenvalue weighted by Crippen LogP contribution is -2.04. The third-order valence-electron chi connectivity index (χ3n) is 3.50. The minimum atomic E-state index is 0.318. The molecule has 0 radical (unpaired) electrons. The second kappa shape index (κ2) is 5.72. The Balaban J connectivity index is 2.41. The molecular formula is C17H14ClNO2. The molecule has 0 bridgehead atoms. The second-order valence-corrected chi connectivity index (χ2v) is 5.19. The van der Waals surface area contributed by atoms with Gasteiger partial charge < -0.3 is 9.30 Å². The van der Waals surface area contributed by atoms with Crippen molar-refractivity contribution in [3.63, 3.8) is 0 Å². The van der Waals surface area contributed by atoms with Gasteiger partial charge in [0.05, 0.1) is 11.2 Å². The van der Waals surface area contributed by atoms with Crippen molar-refractivity contribution < 1.29 is 9.53 Å². The van der Waals surface area contributed by atoms with Gasteiger partial charge in [-0.3, -0.25) is 4.79 Å². The van der Waals surface area contributed by atoms with E-state index in [0.717, 1.165) is 28.3 Å². The number of aldehydes is 1. The van der Waals surface area contributed by atoms with E-state index < -0.39 is 0 Å².